The second kappa shape index (κ2) is 4.44. The Labute approximate surface area is 88.0 Å². The zero-order valence-corrected chi connectivity index (χ0v) is 8.73. The molecule has 1 fully saturated rings. The van der Waals surface area contributed by atoms with Gasteiger partial charge in [-0.15, -0.1) is 0 Å². The molecule has 0 bridgehead atoms. The van der Waals surface area contributed by atoms with Crippen molar-refractivity contribution in [3.63, 3.8) is 0 Å². The number of aromatic nitrogens is 1. The van der Waals surface area contributed by atoms with E-state index in [2.05, 4.69) is 14.6 Å². The van der Waals surface area contributed by atoms with Crippen molar-refractivity contribution in [3.8, 4) is 0 Å². The Kier molecular flexibility index (Phi) is 3.01. The minimum atomic E-state index is -0.452. The van der Waals surface area contributed by atoms with Crippen molar-refractivity contribution in [2.24, 2.45) is 0 Å². The summed E-state index contributed by atoms with van der Waals surface area (Å²) in [6, 6.07) is 0. The molecule has 0 saturated carbocycles. The molecule has 0 unspecified atom stereocenters. The summed E-state index contributed by atoms with van der Waals surface area (Å²) in [4.78, 5) is 17.4. The van der Waals surface area contributed by atoms with Gasteiger partial charge in [0.15, 0.2) is 5.69 Å². The second-order valence-electron chi connectivity index (χ2n) is 3.60. The average Bonchev–Trinajstić information content (AvgIpc) is 2.88. The van der Waals surface area contributed by atoms with Gasteiger partial charge in [-0.25, -0.2) is 9.78 Å². The molecule has 5 nitrogen and oxygen atoms in total. The summed E-state index contributed by atoms with van der Waals surface area (Å²) >= 11 is 0. The topological polar surface area (TPSA) is 55.6 Å². The Morgan fingerprint density at radius 1 is 1.60 bits per heavy atom. The van der Waals surface area contributed by atoms with Gasteiger partial charge >= 0.3 is 5.97 Å². The highest BCUT2D eigenvalue weighted by Gasteiger charge is 2.17. The number of hydrogen-bond acceptors (Lipinski definition) is 5. The summed E-state index contributed by atoms with van der Waals surface area (Å²) in [5.74, 6) is 0.128. The molecule has 0 aliphatic carbocycles. The van der Waals surface area contributed by atoms with Crippen LogP contribution in [0.2, 0.25) is 0 Å². The van der Waals surface area contributed by atoms with Gasteiger partial charge in [0.05, 0.1) is 13.7 Å². The fraction of sp³-hybridized carbons (Fsp3) is 0.600. The van der Waals surface area contributed by atoms with E-state index in [4.69, 9.17) is 4.42 Å². The standard InChI is InChI=1S/C10H14N2O3/c1-14-10(13)8-7-15-9(11-8)6-12-4-2-3-5-12/h7H,2-6H2,1H3. The summed E-state index contributed by atoms with van der Waals surface area (Å²) in [6.45, 7) is 2.84. The van der Waals surface area contributed by atoms with Gasteiger partial charge in [-0.05, 0) is 25.9 Å². The van der Waals surface area contributed by atoms with Crippen LogP contribution < -0.4 is 0 Å². The Balaban J connectivity index is 1.97. The van der Waals surface area contributed by atoms with Gasteiger partial charge in [0.2, 0.25) is 5.89 Å². The summed E-state index contributed by atoms with van der Waals surface area (Å²) in [7, 11) is 1.33. The van der Waals surface area contributed by atoms with Crippen LogP contribution in [-0.4, -0.2) is 36.1 Å². The zero-order valence-electron chi connectivity index (χ0n) is 8.73. The molecule has 0 spiro atoms. The van der Waals surface area contributed by atoms with Gasteiger partial charge in [-0.1, -0.05) is 0 Å². The first kappa shape index (κ1) is 10.2. The number of rotatable bonds is 3. The van der Waals surface area contributed by atoms with Crippen LogP contribution in [0.4, 0.5) is 0 Å². The van der Waals surface area contributed by atoms with Gasteiger partial charge in [-0.3, -0.25) is 4.90 Å². The number of likely N-dealkylation sites (tertiary alicyclic amines) is 1. The normalized spacial score (nSPS) is 16.9. The Bertz CT molecular complexity index is 342. The van der Waals surface area contributed by atoms with E-state index >= 15 is 0 Å². The molecule has 0 aromatic carbocycles. The van der Waals surface area contributed by atoms with Crippen molar-refractivity contribution >= 4 is 5.97 Å². The molecular formula is C10H14N2O3. The van der Waals surface area contributed by atoms with Crippen molar-refractivity contribution in [3.05, 3.63) is 17.8 Å². The number of oxazole rings is 1. The maximum absolute atomic E-state index is 11.1. The quantitative estimate of drug-likeness (QED) is 0.698. The lowest BCUT2D eigenvalue weighted by Crippen LogP contribution is -2.18. The van der Waals surface area contributed by atoms with Crippen molar-refractivity contribution in [1.29, 1.82) is 0 Å². The highest BCUT2D eigenvalue weighted by molar-refractivity contribution is 5.86. The molecule has 1 aromatic rings. The molecule has 2 heterocycles. The van der Waals surface area contributed by atoms with Gasteiger partial charge in [0.1, 0.15) is 6.26 Å². The maximum atomic E-state index is 11.1. The Morgan fingerprint density at radius 3 is 3.00 bits per heavy atom. The molecule has 1 saturated heterocycles. The first-order valence-electron chi connectivity index (χ1n) is 5.04. The third-order valence-electron chi connectivity index (χ3n) is 2.50. The van der Waals surface area contributed by atoms with Crippen LogP contribution in [-0.2, 0) is 11.3 Å². The molecule has 0 amide bonds. The Hall–Kier alpha value is -1.36. The lowest BCUT2D eigenvalue weighted by atomic mass is 10.4. The number of carbonyl (C=O) groups excluding carboxylic acids is 1. The smallest absolute Gasteiger partial charge is 0.360 e. The molecule has 1 aliphatic heterocycles. The SMILES string of the molecule is COC(=O)c1coc(CN2CCCC2)n1. The van der Waals surface area contributed by atoms with Gasteiger partial charge in [-0.2, -0.15) is 0 Å². The average molecular weight is 210 g/mol. The van der Waals surface area contributed by atoms with Crippen LogP contribution in [0.15, 0.2) is 10.7 Å². The van der Waals surface area contributed by atoms with Crippen LogP contribution in [0.25, 0.3) is 0 Å². The number of carbonyl (C=O) groups is 1. The van der Waals surface area contributed by atoms with E-state index in [9.17, 15) is 4.79 Å². The third kappa shape index (κ3) is 2.36. The van der Waals surface area contributed by atoms with E-state index in [1.807, 2.05) is 0 Å². The molecule has 0 radical (unpaired) electrons. The largest absolute Gasteiger partial charge is 0.464 e. The van der Waals surface area contributed by atoms with Crippen LogP contribution in [0.1, 0.15) is 29.2 Å². The number of methoxy groups -OCH3 is 1. The molecule has 2 rings (SSSR count). The van der Waals surface area contributed by atoms with E-state index in [1.54, 1.807) is 0 Å². The van der Waals surface area contributed by atoms with E-state index in [0.29, 0.717) is 12.4 Å². The molecule has 0 atom stereocenters. The minimum Gasteiger partial charge on any atom is -0.464 e. The van der Waals surface area contributed by atoms with Crippen LogP contribution in [0.3, 0.4) is 0 Å². The van der Waals surface area contributed by atoms with Crippen molar-refractivity contribution in [2.75, 3.05) is 20.2 Å². The molecule has 5 heteroatoms. The Morgan fingerprint density at radius 2 is 2.33 bits per heavy atom. The highest BCUT2D eigenvalue weighted by Crippen LogP contribution is 2.12. The molecule has 1 aliphatic rings. The van der Waals surface area contributed by atoms with E-state index in [-0.39, 0.29) is 5.69 Å². The van der Waals surface area contributed by atoms with Gasteiger partial charge in [0, 0.05) is 0 Å². The number of ether oxygens (including phenoxy) is 1. The molecule has 15 heavy (non-hydrogen) atoms. The predicted octanol–water partition coefficient (Wildman–Crippen LogP) is 1.06. The molecular weight excluding hydrogens is 196 g/mol. The fourth-order valence-corrected chi connectivity index (χ4v) is 1.71. The monoisotopic (exact) mass is 210 g/mol. The van der Waals surface area contributed by atoms with Crippen LogP contribution in [0.5, 0.6) is 0 Å². The number of nitrogens with zero attached hydrogens (tertiary/aromatic N) is 2. The molecule has 82 valence electrons. The first-order chi connectivity index (χ1) is 7.29. The number of hydrogen-bond donors (Lipinski definition) is 0. The van der Waals surface area contributed by atoms with Gasteiger partial charge in [0.25, 0.3) is 0 Å². The lowest BCUT2D eigenvalue weighted by Gasteiger charge is -2.10. The predicted molar refractivity (Wildman–Crippen MR) is 52.4 cm³/mol. The summed E-state index contributed by atoms with van der Waals surface area (Å²) in [5.41, 5.74) is 0.242. The van der Waals surface area contributed by atoms with Crippen molar-refractivity contribution in [2.45, 2.75) is 19.4 Å². The summed E-state index contributed by atoms with van der Waals surface area (Å²) in [6.07, 6.45) is 3.80. The molecule has 1 aromatic heterocycles. The van der Waals surface area contributed by atoms with Crippen molar-refractivity contribution in [1.82, 2.24) is 9.88 Å². The maximum Gasteiger partial charge on any atom is 0.360 e. The van der Waals surface area contributed by atoms with Crippen molar-refractivity contribution < 1.29 is 13.9 Å². The number of esters is 1. The second-order valence-corrected chi connectivity index (χ2v) is 3.60. The third-order valence-corrected chi connectivity index (χ3v) is 2.50. The van der Waals surface area contributed by atoms with Crippen LogP contribution >= 0.6 is 0 Å². The van der Waals surface area contributed by atoms with E-state index < -0.39 is 5.97 Å². The molecule has 0 N–H and O–H groups in total. The summed E-state index contributed by atoms with van der Waals surface area (Å²) < 4.78 is 9.74. The summed E-state index contributed by atoms with van der Waals surface area (Å²) in [5, 5.41) is 0. The lowest BCUT2D eigenvalue weighted by molar-refractivity contribution is 0.0594. The van der Waals surface area contributed by atoms with Gasteiger partial charge < -0.3 is 9.15 Å². The minimum absolute atomic E-state index is 0.242. The van der Waals surface area contributed by atoms with E-state index in [0.717, 1.165) is 13.1 Å². The zero-order chi connectivity index (χ0) is 10.7. The van der Waals surface area contributed by atoms with Crippen LogP contribution in [0, 0.1) is 0 Å². The first-order valence-corrected chi connectivity index (χ1v) is 5.04. The fourth-order valence-electron chi connectivity index (χ4n) is 1.71. The van der Waals surface area contributed by atoms with E-state index in [1.165, 1.54) is 26.2 Å². The highest BCUT2D eigenvalue weighted by atomic mass is 16.5.